The van der Waals surface area contributed by atoms with Crippen molar-refractivity contribution in [1.82, 2.24) is 34.7 Å². The van der Waals surface area contributed by atoms with Crippen LogP contribution in [0.15, 0.2) is 36.7 Å². The van der Waals surface area contributed by atoms with Gasteiger partial charge in [0.15, 0.2) is 0 Å². The second-order valence-corrected chi connectivity index (χ2v) is 8.29. The minimum Gasteiger partial charge on any atom is -0.469 e. The van der Waals surface area contributed by atoms with Crippen LogP contribution in [0.5, 0.6) is 5.88 Å². The summed E-state index contributed by atoms with van der Waals surface area (Å²) in [7, 11) is 0. The Morgan fingerprint density at radius 3 is 2.69 bits per heavy atom. The molecule has 0 aromatic carbocycles. The number of imidazole rings is 1. The Balaban J connectivity index is 1.53. The molecule has 8 nitrogen and oxygen atoms in total. The molecule has 4 aromatic heterocycles. The van der Waals surface area contributed by atoms with E-state index in [-0.39, 0.29) is 11.9 Å². The second-order valence-electron chi connectivity index (χ2n) is 8.29. The summed E-state index contributed by atoms with van der Waals surface area (Å²) in [6, 6.07) is 7.35. The first-order valence-electron chi connectivity index (χ1n) is 10.9. The summed E-state index contributed by atoms with van der Waals surface area (Å²) in [5, 5.41) is 12.4. The van der Waals surface area contributed by atoms with Crippen molar-refractivity contribution in [2.75, 3.05) is 13.1 Å². The maximum Gasteiger partial charge on any atom is 0.200 e. The average Bonchev–Trinajstić information content (AvgIpc) is 3.37. The number of piperidine rings is 1. The van der Waals surface area contributed by atoms with Gasteiger partial charge in [-0.1, -0.05) is 5.21 Å². The molecule has 0 saturated carbocycles. The van der Waals surface area contributed by atoms with Gasteiger partial charge in [0.1, 0.15) is 23.3 Å². The van der Waals surface area contributed by atoms with E-state index in [1.165, 1.54) is 12.3 Å². The molecule has 1 saturated heterocycles. The van der Waals surface area contributed by atoms with Crippen molar-refractivity contribution in [1.29, 1.82) is 0 Å². The second kappa shape index (κ2) is 8.31. The normalized spacial score (nSPS) is 15.9. The van der Waals surface area contributed by atoms with E-state index in [4.69, 9.17) is 4.74 Å². The highest BCUT2D eigenvalue weighted by atomic mass is 19.1. The molecule has 5 rings (SSSR count). The molecule has 32 heavy (non-hydrogen) atoms. The van der Waals surface area contributed by atoms with Gasteiger partial charge in [-0.25, -0.2) is 14.1 Å². The number of hydrogen-bond acceptors (Lipinski definition) is 6. The lowest BCUT2D eigenvalue weighted by Gasteiger charge is -2.23. The molecule has 1 aliphatic rings. The van der Waals surface area contributed by atoms with E-state index in [9.17, 15) is 4.39 Å². The summed E-state index contributed by atoms with van der Waals surface area (Å²) in [5.41, 5.74) is 5.12. The number of nitrogens with zero attached hydrogens (tertiary/aromatic N) is 6. The van der Waals surface area contributed by atoms with Crippen LogP contribution in [0.4, 0.5) is 4.39 Å². The van der Waals surface area contributed by atoms with Crippen molar-refractivity contribution >= 4 is 5.65 Å². The molecule has 1 fully saturated rings. The van der Waals surface area contributed by atoms with E-state index in [1.54, 1.807) is 6.07 Å². The smallest absolute Gasteiger partial charge is 0.200 e. The molecule has 1 aliphatic heterocycles. The zero-order chi connectivity index (χ0) is 22.2. The summed E-state index contributed by atoms with van der Waals surface area (Å²) in [6.45, 7) is 7.91. The van der Waals surface area contributed by atoms with Crippen LogP contribution in [0.25, 0.3) is 16.9 Å². The molecule has 1 atom stereocenters. The van der Waals surface area contributed by atoms with Gasteiger partial charge in [0.05, 0.1) is 23.6 Å². The molecule has 0 aliphatic carbocycles. The zero-order valence-electron chi connectivity index (χ0n) is 18.4. The molecule has 5 heterocycles. The highest BCUT2D eigenvalue weighted by Crippen LogP contribution is 2.32. The number of rotatable bonds is 5. The van der Waals surface area contributed by atoms with Crippen LogP contribution in [-0.4, -0.2) is 42.5 Å². The van der Waals surface area contributed by atoms with E-state index in [0.717, 1.165) is 54.2 Å². The summed E-state index contributed by atoms with van der Waals surface area (Å²) in [5.74, 6) is 0.255. The number of hydrogen-bond donors (Lipinski definition) is 1. The highest BCUT2D eigenvalue weighted by Gasteiger charge is 2.22. The Labute approximate surface area is 185 Å². The quantitative estimate of drug-likeness (QED) is 0.513. The van der Waals surface area contributed by atoms with Gasteiger partial charge in [-0.05, 0) is 64.9 Å². The Morgan fingerprint density at radius 1 is 1.12 bits per heavy atom. The molecule has 0 amide bonds. The Kier molecular flexibility index (Phi) is 5.34. The minimum atomic E-state index is -0.373. The third-order valence-electron chi connectivity index (χ3n) is 6.07. The molecule has 166 valence electrons. The van der Waals surface area contributed by atoms with E-state index in [2.05, 4.69) is 32.5 Å². The standard InChI is InChI=1S/C23H26FN7O/c1-14-12-27-21-10-17(23-15(2)31(29-28-23)19-6-8-25-9-7-19)11-22(30(14)21)32-16(3)20-5-4-18(24)13-26-20/h4-5,10-13,16,19,25H,6-9H2,1-3H3/t16-/m1/s1. The van der Waals surface area contributed by atoms with Gasteiger partial charge in [0.2, 0.25) is 5.88 Å². The fraction of sp³-hybridized carbons (Fsp3) is 0.391. The van der Waals surface area contributed by atoms with Crippen molar-refractivity contribution < 1.29 is 9.13 Å². The molecule has 0 spiro atoms. The van der Waals surface area contributed by atoms with Crippen LogP contribution >= 0.6 is 0 Å². The van der Waals surface area contributed by atoms with Crippen LogP contribution in [-0.2, 0) is 0 Å². The number of aryl methyl sites for hydroxylation is 1. The van der Waals surface area contributed by atoms with E-state index < -0.39 is 0 Å². The molecule has 1 N–H and O–H groups in total. The fourth-order valence-corrected chi connectivity index (χ4v) is 4.32. The molecule has 9 heteroatoms. The van der Waals surface area contributed by atoms with Gasteiger partial charge in [-0.15, -0.1) is 5.10 Å². The number of fused-ring (bicyclic) bond motifs is 1. The maximum absolute atomic E-state index is 13.3. The number of ether oxygens (including phenoxy) is 1. The van der Waals surface area contributed by atoms with Crippen LogP contribution in [0, 0.1) is 19.7 Å². The summed E-state index contributed by atoms with van der Waals surface area (Å²) in [4.78, 5) is 8.70. The van der Waals surface area contributed by atoms with Crippen molar-refractivity contribution in [3.8, 4) is 17.1 Å². The fourth-order valence-electron chi connectivity index (χ4n) is 4.32. The molecule has 0 bridgehead atoms. The van der Waals surface area contributed by atoms with Crippen LogP contribution < -0.4 is 10.1 Å². The van der Waals surface area contributed by atoms with Gasteiger partial charge >= 0.3 is 0 Å². The lowest BCUT2D eigenvalue weighted by Crippen LogP contribution is -2.30. The lowest BCUT2D eigenvalue weighted by molar-refractivity contribution is 0.209. The summed E-state index contributed by atoms with van der Waals surface area (Å²) in [6.07, 6.45) is 4.72. The molecular weight excluding hydrogens is 409 g/mol. The van der Waals surface area contributed by atoms with Crippen molar-refractivity contribution in [3.05, 3.63) is 59.6 Å². The van der Waals surface area contributed by atoms with Crippen molar-refractivity contribution in [2.24, 2.45) is 0 Å². The number of pyridine rings is 2. The SMILES string of the molecule is Cc1c(-c2cc(O[C@H](C)c3ccc(F)cn3)n3c(C)cnc3c2)nnn1C1CCNCC1. The maximum atomic E-state index is 13.3. The number of halogens is 1. The van der Waals surface area contributed by atoms with Crippen molar-refractivity contribution in [2.45, 2.75) is 45.8 Å². The van der Waals surface area contributed by atoms with E-state index >= 15 is 0 Å². The van der Waals surface area contributed by atoms with Gasteiger partial charge < -0.3 is 10.1 Å². The number of nitrogens with one attached hydrogen (secondary N) is 1. The zero-order valence-corrected chi connectivity index (χ0v) is 18.4. The Bertz CT molecular complexity index is 1240. The van der Waals surface area contributed by atoms with Gasteiger partial charge in [-0.3, -0.25) is 9.38 Å². The van der Waals surface area contributed by atoms with Crippen LogP contribution in [0.1, 0.15) is 49.0 Å². The summed E-state index contributed by atoms with van der Waals surface area (Å²) < 4.78 is 23.6. The predicted molar refractivity (Wildman–Crippen MR) is 118 cm³/mol. The topological polar surface area (TPSA) is 82.2 Å². The lowest BCUT2D eigenvalue weighted by atomic mass is 10.1. The third kappa shape index (κ3) is 3.73. The highest BCUT2D eigenvalue weighted by molar-refractivity contribution is 5.68. The van der Waals surface area contributed by atoms with E-state index in [0.29, 0.717) is 17.6 Å². The number of aromatic nitrogens is 6. The van der Waals surface area contributed by atoms with Crippen molar-refractivity contribution in [3.63, 3.8) is 0 Å². The van der Waals surface area contributed by atoms with Gasteiger partial charge in [-0.2, -0.15) is 0 Å². The first kappa shape index (κ1) is 20.6. The molecular formula is C23H26FN7O. The largest absolute Gasteiger partial charge is 0.469 e. The predicted octanol–water partition coefficient (Wildman–Crippen LogP) is 3.81. The first-order valence-corrected chi connectivity index (χ1v) is 10.9. The Morgan fingerprint density at radius 2 is 1.94 bits per heavy atom. The molecule has 0 unspecified atom stereocenters. The Hall–Kier alpha value is -3.33. The minimum absolute atomic E-state index is 0.357. The average molecular weight is 436 g/mol. The first-order chi connectivity index (χ1) is 15.5. The summed E-state index contributed by atoms with van der Waals surface area (Å²) >= 11 is 0. The van der Waals surface area contributed by atoms with Crippen LogP contribution in [0.3, 0.4) is 0 Å². The van der Waals surface area contributed by atoms with Gasteiger partial charge in [0, 0.05) is 23.5 Å². The molecule has 0 radical (unpaired) electrons. The van der Waals surface area contributed by atoms with Crippen LogP contribution in [0.2, 0.25) is 0 Å². The third-order valence-corrected chi connectivity index (χ3v) is 6.07. The monoisotopic (exact) mass is 435 g/mol. The van der Waals surface area contributed by atoms with Gasteiger partial charge in [0.25, 0.3) is 0 Å². The van der Waals surface area contributed by atoms with E-state index in [1.807, 2.05) is 41.3 Å². The molecule has 4 aromatic rings.